The maximum Gasteiger partial charge on any atom is 0.247 e. The van der Waals surface area contributed by atoms with Gasteiger partial charge in [-0.2, -0.15) is 15.5 Å². The number of pyridine rings is 2. The lowest BCUT2D eigenvalue weighted by molar-refractivity contribution is -0.133. The molecule has 0 unspecified atom stereocenters. The first-order chi connectivity index (χ1) is 16.5. The summed E-state index contributed by atoms with van der Waals surface area (Å²) in [5.41, 5.74) is 4.52. The van der Waals surface area contributed by atoms with Crippen molar-refractivity contribution in [1.29, 1.82) is 5.26 Å². The smallest absolute Gasteiger partial charge is 0.247 e. The van der Waals surface area contributed by atoms with Gasteiger partial charge in [0.15, 0.2) is 0 Å². The monoisotopic (exact) mass is 452 g/mol. The van der Waals surface area contributed by atoms with Crippen molar-refractivity contribution in [1.82, 2.24) is 29.3 Å². The zero-order valence-corrected chi connectivity index (χ0v) is 18.4. The number of hydrogen-bond acceptors (Lipinski definition) is 6. The molecule has 34 heavy (non-hydrogen) atoms. The zero-order valence-electron chi connectivity index (χ0n) is 18.4. The number of piperazine rings is 1. The molecule has 10 nitrogen and oxygen atoms in total. The van der Waals surface area contributed by atoms with E-state index in [0.717, 1.165) is 22.3 Å². The molecule has 5 rings (SSSR count). The van der Waals surface area contributed by atoms with Crippen LogP contribution >= 0.6 is 0 Å². The Hall–Kier alpha value is -4.78. The molecule has 1 aliphatic rings. The molecular formula is C24H20N8O2. The summed E-state index contributed by atoms with van der Waals surface area (Å²) < 4.78 is 3.40. The first-order valence-corrected chi connectivity index (χ1v) is 10.6. The molecule has 0 saturated carbocycles. The van der Waals surface area contributed by atoms with Crippen molar-refractivity contribution < 1.29 is 9.59 Å². The van der Waals surface area contributed by atoms with Crippen molar-refractivity contribution in [3.8, 4) is 28.3 Å². The second-order valence-electron chi connectivity index (χ2n) is 7.92. The molecule has 0 aliphatic carbocycles. The van der Waals surface area contributed by atoms with Crippen LogP contribution in [0.2, 0.25) is 0 Å². The number of fused-ring (bicyclic) bond motifs is 1. The van der Waals surface area contributed by atoms with Crippen molar-refractivity contribution in [2.75, 3.05) is 24.5 Å². The maximum absolute atomic E-state index is 12.6. The number of aromatic nitrogens is 5. The van der Waals surface area contributed by atoms with E-state index in [1.165, 1.54) is 17.2 Å². The number of nitrogens with zero attached hydrogens (tertiary/aromatic N) is 8. The summed E-state index contributed by atoms with van der Waals surface area (Å²) in [4.78, 5) is 32.0. The van der Waals surface area contributed by atoms with Gasteiger partial charge in [0, 0.05) is 61.0 Å². The summed E-state index contributed by atoms with van der Waals surface area (Å²) in [6, 6.07) is 7.82. The van der Waals surface area contributed by atoms with Gasteiger partial charge in [-0.1, -0.05) is 6.58 Å². The Morgan fingerprint density at radius 2 is 1.97 bits per heavy atom. The Balaban J connectivity index is 1.51. The lowest BCUT2D eigenvalue weighted by Crippen LogP contribution is -2.52. The van der Waals surface area contributed by atoms with E-state index in [-0.39, 0.29) is 18.4 Å². The standard InChI is InChI=1S/C24H20N8O2/c1-3-22(33)30-6-7-31(23(34)15-30)21-5-4-16(10-26-21)20-8-17(19-12-27-29(2)13-19)14-32-24(20)18(9-25)11-28-32/h3-5,8,10-14H,1,6-7,15H2,2H3. The summed E-state index contributed by atoms with van der Waals surface area (Å²) >= 11 is 0. The van der Waals surface area contributed by atoms with Gasteiger partial charge in [0.05, 0.1) is 23.5 Å². The quantitative estimate of drug-likeness (QED) is 0.438. The number of amides is 2. The fraction of sp³-hybridized carbons (Fsp3) is 0.167. The highest BCUT2D eigenvalue weighted by atomic mass is 16.2. The number of carbonyl (C=O) groups is 2. The van der Waals surface area contributed by atoms with Crippen molar-refractivity contribution >= 4 is 23.1 Å². The minimum absolute atomic E-state index is 0.0105. The largest absolute Gasteiger partial charge is 0.328 e. The highest BCUT2D eigenvalue weighted by Crippen LogP contribution is 2.32. The van der Waals surface area contributed by atoms with Crippen LogP contribution < -0.4 is 4.90 Å². The maximum atomic E-state index is 12.6. The van der Waals surface area contributed by atoms with Crippen LogP contribution in [0.4, 0.5) is 5.82 Å². The summed E-state index contributed by atoms with van der Waals surface area (Å²) in [5.74, 6) is 0.0426. The number of aryl methyl sites for hydroxylation is 1. The summed E-state index contributed by atoms with van der Waals surface area (Å²) in [7, 11) is 1.85. The lowest BCUT2D eigenvalue weighted by atomic mass is 10.0. The van der Waals surface area contributed by atoms with Gasteiger partial charge in [-0.3, -0.25) is 19.2 Å². The molecule has 1 saturated heterocycles. The van der Waals surface area contributed by atoms with E-state index in [1.54, 1.807) is 32.6 Å². The third-order valence-electron chi connectivity index (χ3n) is 5.81. The Morgan fingerprint density at radius 1 is 1.12 bits per heavy atom. The first kappa shape index (κ1) is 21.1. The van der Waals surface area contributed by atoms with E-state index in [2.05, 4.69) is 27.8 Å². The van der Waals surface area contributed by atoms with E-state index in [4.69, 9.17) is 0 Å². The Bertz CT molecular complexity index is 1480. The minimum atomic E-state index is -0.261. The van der Waals surface area contributed by atoms with E-state index in [9.17, 15) is 14.9 Å². The Labute approximate surface area is 195 Å². The van der Waals surface area contributed by atoms with Crippen molar-refractivity contribution in [3.63, 3.8) is 0 Å². The van der Waals surface area contributed by atoms with E-state index in [1.807, 2.05) is 31.6 Å². The number of nitriles is 1. The molecule has 0 N–H and O–H groups in total. The fourth-order valence-electron chi connectivity index (χ4n) is 4.09. The second kappa shape index (κ2) is 8.29. The van der Waals surface area contributed by atoms with Crippen LogP contribution in [0.15, 0.2) is 61.8 Å². The average molecular weight is 452 g/mol. The van der Waals surface area contributed by atoms with Crippen LogP contribution in [0.5, 0.6) is 0 Å². The van der Waals surface area contributed by atoms with Crippen LogP contribution in [0, 0.1) is 11.3 Å². The first-order valence-electron chi connectivity index (χ1n) is 10.6. The Morgan fingerprint density at radius 3 is 2.62 bits per heavy atom. The molecule has 168 valence electrons. The van der Waals surface area contributed by atoms with Crippen LogP contribution in [0.3, 0.4) is 0 Å². The molecule has 1 fully saturated rings. The fourth-order valence-corrected chi connectivity index (χ4v) is 4.09. The minimum Gasteiger partial charge on any atom is -0.328 e. The molecule has 0 radical (unpaired) electrons. The third kappa shape index (κ3) is 3.59. The van der Waals surface area contributed by atoms with Crippen molar-refractivity contribution in [3.05, 3.63) is 67.4 Å². The highest BCUT2D eigenvalue weighted by Gasteiger charge is 2.27. The average Bonchev–Trinajstić information content (AvgIpc) is 3.49. The van der Waals surface area contributed by atoms with Crippen LogP contribution in [-0.4, -0.2) is 60.7 Å². The van der Waals surface area contributed by atoms with Gasteiger partial charge in [0.25, 0.3) is 0 Å². The molecule has 1 aliphatic heterocycles. The van der Waals surface area contributed by atoms with Crippen LogP contribution in [-0.2, 0) is 16.6 Å². The molecule has 0 aromatic carbocycles. The molecule has 4 aromatic heterocycles. The van der Waals surface area contributed by atoms with Gasteiger partial charge in [-0.05, 0) is 24.3 Å². The van der Waals surface area contributed by atoms with E-state index >= 15 is 0 Å². The van der Waals surface area contributed by atoms with Gasteiger partial charge < -0.3 is 4.90 Å². The van der Waals surface area contributed by atoms with Crippen LogP contribution in [0.1, 0.15) is 5.56 Å². The number of anilines is 1. The summed E-state index contributed by atoms with van der Waals surface area (Å²) in [5, 5.41) is 18.2. The molecular weight excluding hydrogens is 432 g/mol. The molecule has 4 aromatic rings. The molecule has 5 heterocycles. The van der Waals surface area contributed by atoms with Gasteiger partial charge in [-0.25, -0.2) is 9.50 Å². The third-order valence-corrected chi connectivity index (χ3v) is 5.81. The number of carbonyl (C=O) groups excluding carboxylic acids is 2. The van der Waals surface area contributed by atoms with Crippen molar-refractivity contribution in [2.24, 2.45) is 7.05 Å². The van der Waals surface area contributed by atoms with Crippen LogP contribution in [0.25, 0.3) is 27.8 Å². The van der Waals surface area contributed by atoms with Gasteiger partial charge in [0.1, 0.15) is 18.4 Å². The van der Waals surface area contributed by atoms with E-state index < -0.39 is 0 Å². The number of hydrogen-bond donors (Lipinski definition) is 0. The highest BCUT2D eigenvalue weighted by molar-refractivity contribution is 5.99. The van der Waals surface area contributed by atoms with Gasteiger partial charge in [0.2, 0.25) is 11.8 Å². The predicted molar refractivity (Wildman–Crippen MR) is 124 cm³/mol. The topological polar surface area (TPSA) is 112 Å². The molecule has 2 amide bonds. The number of rotatable bonds is 4. The SMILES string of the molecule is C=CC(=O)N1CCN(c2ccc(-c3cc(-c4cnn(C)c4)cn4ncc(C#N)c34)cn2)C(=O)C1. The normalized spacial score (nSPS) is 13.8. The predicted octanol–water partition coefficient (Wildman–Crippen LogP) is 2.03. The summed E-state index contributed by atoms with van der Waals surface area (Å²) in [6.07, 6.45) is 9.97. The van der Waals surface area contributed by atoms with Crippen molar-refractivity contribution in [2.45, 2.75) is 0 Å². The molecule has 10 heteroatoms. The lowest BCUT2D eigenvalue weighted by Gasteiger charge is -2.33. The second-order valence-corrected chi connectivity index (χ2v) is 7.92. The molecule has 0 bridgehead atoms. The van der Waals surface area contributed by atoms with Gasteiger partial charge >= 0.3 is 0 Å². The molecule has 0 spiro atoms. The summed E-state index contributed by atoms with van der Waals surface area (Å²) in [6.45, 7) is 4.23. The Kier molecular flexibility index (Phi) is 5.14. The zero-order chi connectivity index (χ0) is 23.8. The molecule has 0 atom stereocenters. The van der Waals surface area contributed by atoms with E-state index in [0.29, 0.717) is 30.0 Å². The van der Waals surface area contributed by atoms with Gasteiger partial charge in [-0.15, -0.1) is 0 Å².